The van der Waals surface area contributed by atoms with Crippen molar-refractivity contribution in [1.82, 2.24) is 5.32 Å². The Kier molecular flexibility index (Phi) is 3.56. The second-order valence-corrected chi connectivity index (χ2v) is 7.46. The molecule has 2 bridgehead atoms. The van der Waals surface area contributed by atoms with Crippen LogP contribution in [0.2, 0.25) is 0 Å². The molecular weight excluding hydrogens is 242 g/mol. The summed E-state index contributed by atoms with van der Waals surface area (Å²) in [5, 5.41) is 3.77. The Morgan fingerprint density at radius 2 is 1.85 bits per heavy atom. The smallest absolute Gasteiger partial charge is 0.00684 e. The third-order valence-corrected chi connectivity index (χ3v) is 5.97. The fourth-order valence-corrected chi connectivity index (χ4v) is 4.69. The number of hydrogen-bond donors (Lipinski definition) is 1. The van der Waals surface area contributed by atoms with Gasteiger partial charge in [-0.05, 0) is 67.8 Å². The molecule has 4 rings (SSSR count). The van der Waals surface area contributed by atoms with Crippen molar-refractivity contribution in [1.29, 1.82) is 0 Å². The van der Waals surface area contributed by atoms with Crippen molar-refractivity contribution in [3.63, 3.8) is 0 Å². The molecule has 0 aromatic heterocycles. The maximum absolute atomic E-state index is 3.77. The van der Waals surface area contributed by atoms with E-state index in [4.69, 9.17) is 0 Å². The molecule has 1 N–H and O–H groups in total. The minimum absolute atomic E-state index is 0.737. The Morgan fingerprint density at radius 3 is 2.50 bits per heavy atom. The number of rotatable bonds is 6. The van der Waals surface area contributed by atoms with Crippen LogP contribution in [-0.2, 0) is 0 Å². The van der Waals surface area contributed by atoms with Gasteiger partial charge >= 0.3 is 0 Å². The molecule has 0 amide bonds. The summed E-state index contributed by atoms with van der Waals surface area (Å²) in [6.07, 6.45) is 10.3. The molecule has 0 aliphatic heterocycles. The summed E-state index contributed by atoms with van der Waals surface area (Å²) in [5.41, 5.74) is 1.56. The van der Waals surface area contributed by atoms with Crippen LogP contribution in [0, 0.1) is 17.8 Å². The van der Waals surface area contributed by atoms with Crippen LogP contribution in [0.4, 0.5) is 0 Å². The fourth-order valence-electron chi connectivity index (χ4n) is 4.69. The van der Waals surface area contributed by atoms with Gasteiger partial charge in [0.05, 0.1) is 0 Å². The molecule has 3 aliphatic carbocycles. The number of nitrogens with one attached hydrogen (secondary N) is 1. The number of fused-ring (bicyclic) bond motifs is 2. The summed E-state index contributed by atoms with van der Waals surface area (Å²) in [6, 6.07) is 12.1. The molecule has 3 aliphatic rings. The van der Waals surface area contributed by atoms with E-state index in [-0.39, 0.29) is 0 Å². The molecule has 0 saturated heterocycles. The predicted molar refractivity (Wildman–Crippen MR) is 83.8 cm³/mol. The number of hydrogen-bond acceptors (Lipinski definition) is 1. The molecule has 4 unspecified atom stereocenters. The topological polar surface area (TPSA) is 12.0 Å². The molecule has 3 fully saturated rings. The first-order valence-electron chi connectivity index (χ1n) is 8.67. The zero-order valence-electron chi connectivity index (χ0n) is 12.4. The standard InChI is InChI=1S/C19H27N/c1-2-4-15(5-3-1)18(13-20-19-8-9-19)12-17-11-14-6-7-16(17)10-14/h1-5,14,16-20H,6-13H2. The maximum Gasteiger partial charge on any atom is 0.00684 e. The lowest BCUT2D eigenvalue weighted by molar-refractivity contribution is 0.291. The van der Waals surface area contributed by atoms with E-state index in [9.17, 15) is 0 Å². The van der Waals surface area contributed by atoms with Gasteiger partial charge in [0.2, 0.25) is 0 Å². The van der Waals surface area contributed by atoms with E-state index in [0.717, 1.165) is 29.7 Å². The molecule has 3 saturated carbocycles. The second-order valence-electron chi connectivity index (χ2n) is 7.46. The van der Waals surface area contributed by atoms with Crippen LogP contribution in [0.15, 0.2) is 30.3 Å². The molecule has 1 aromatic rings. The van der Waals surface area contributed by atoms with E-state index in [1.165, 1.54) is 45.1 Å². The van der Waals surface area contributed by atoms with Crippen molar-refractivity contribution < 1.29 is 0 Å². The van der Waals surface area contributed by atoms with E-state index in [0.29, 0.717) is 0 Å². The van der Waals surface area contributed by atoms with Gasteiger partial charge in [0.15, 0.2) is 0 Å². The monoisotopic (exact) mass is 269 g/mol. The lowest BCUT2D eigenvalue weighted by Gasteiger charge is -2.27. The van der Waals surface area contributed by atoms with E-state index >= 15 is 0 Å². The van der Waals surface area contributed by atoms with Crippen molar-refractivity contribution in [3.8, 4) is 0 Å². The molecule has 0 radical (unpaired) electrons. The van der Waals surface area contributed by atoms with Crippen LogP contribution >= 0.6 is 0 Å². The molecule has 0 spiro atoms. The highest BCUT2D eigenvalue weighted by Gasteiger charge is 2.40. The van der Waals surface area contributed by atoms with Gasteiger partial charge in [-0.15, -0.1) is 0 Å². The molecule has 20 heavy (non-hydrogen) atoms. The quantitative estimate of drug-likeness (QED) is 0.809. The summed E-state index contributed by atoms with van der Waals surface area (Å²) in [4.78, 5) is 0. The van der Waals surface area contributed by atoms with Gasteiger partial charge in [-0.2, -0.15) is 0 Å². The van der Waals surface area contributed by atoms with Crippen molar-refractivity contribution >= 4 is 0 Å². The molecular formula is C19H27N. The van der Waals surface area contributed by atoms with Crippen LogP contribution in [0.5, 0.6) is 0 Å². The average molecular weight is 269 g/mol. The average Bonchev–Trinajstić information content (AvgIpc) is 3.09. The SMILES string of the molecule is c1ccc(C(CNC2CC2)CC2CC3CCC2C3)cc1. The van der Waals surface area contributed by atoms with Crippen molar-refractivity contribution in [2.45, 2.75) is 56.9 Å². The highest BCUT2D eigenvalue weighted by atomic mass is 14.9. The minimum Gasteiger partial charge on any atom is -0.313 e. The first-order valence-corrected chi connectivity index (χ1v) is 8.67. The summed E-state index contributed by atoms with van der Waals surface area (Å²) in [6.45, 7) is 1.20. The number of benzene rings is 1. The second kappa shape index (κ2) is 5.52. The maximum atomic E-state index is 3.77. The van der Waals surface area contributed by atoms with Gasteiger partial charge in [-0.3, -0.25) is 0 Å². The summed E-state index contributed by atoms with van der Waals surface area (Å²) >= 11 is 0. The molecule has 108 valence electrons. The van der Waals surface area contributed by atoms with Crippen LogP contribution in [-0.4, -0.2) is 12.6 Å². The summed E-state index contributed by atoms with van der Waals surface area (Å²) in [5.74, 6) is 3.89. The van der Waals surface area contributed by atoms with E-state index in [1.807, 2.05) is 0 Å². The lowest BCUT2D eigenvalue weighted by Crippen LogP contribution is -2.26. The van der Waals surface area contributed by atoms with Gasteiger partial charge in [-0.1, -0.05) is 36.8 Å². The largest absolute Gasteiger partial charge is 0.313 e. The van der Waals surface area contributed by atoms with E-state index < -0.39 is 0 Å². The Balaban J connectivity index is 1.43. The minimum atomic E-state index is 0.737. The Labute approximate surface area is 123 Å². The van der Waals surface area contributed by atoms with Crippen LogP contribution < -0.4 is 5.32 Å². The van der Waals surface area contributed by atoms with Crippen LogP contribution in [0.3, 0.4) is 0 Å². The summed E-state index contributed by atoms with van der Waals surface area (Å²) < 4.78 is 0. The third kappa shape index (κ3) is 2.79. The van der Waals surface area contributed by atoms with Gasteiger partial charge in [0.25, 0.3) is 0 Å². The zero-order chi connectivity index (χ0) is 13.4. The Hall–Kier alpha value is -0.820. The molecule has 0 heterocycles. The molecule has 4 atom stereocenters. The van der Waals surface area contributed by atoms with E-state index in [2.05, 4.69) is 35.6 Å². The van der Waals surface area contributed by atoms with E-state index in [1.54, 1.807) is 12.0 Å². The summed E-state index contributed by atoms with van der Waals surface area (Å²) in [7, 11) is 0. The Morgan fingerprint density at radius 1 is 1.00 bits per heavy atom. The van der Waals surface area contributed by atoms with Crippen molar-refractivity contribution in [2.75, 3.05) is 6.54 Å². The van der Waals surface area contributed by atoms with Crippen LogP contribution in [0.1, 0.15) is 56.4 Å². The van der Waals surface area contributed by atoms with Gasteiger partial charge in [0, 0.05) is 12.6 Å². The van der Waals surface area contributed by atoms with Gasteiger partial charge < -0.3 is 5.32 Å². The Bertz CT molecular complexity index is 436. The molecule has 1 aromatic carbocycles. The molecule has 1 heteroatoms. The van der Waals surface area contributed by atoms with Crippen molar-refractivity contribution in [3.05, 3.63) is 35.9 Å². The predicted octanol–water partition coefficient (Wildman–Crippen LogP) is 4.35. The van der Waals surface area contributed by atoms with Crippen LogP contribution in [0.25, 0.3) is 0 Å². The first kappa shape index (κ1) is 12.9. The van der Waals surface area contributed by atoms with Crippen molar-refractivity contribution in [2.24, 2.45) is 17.8 Å². The lowest BCUT2D eigenvalue weighted by atomic mass is 9.80. The zero-order valence-corrected chi connectivity index (χ0v) is 12.4. The normalized spacial score (nSPS) is 33.5. The molecule has 1 nitrogen and oxygen atoms in total. The van der Waals surface area contributed by atoms with Gasteiger partial charge in [0.1, 0.15) is 0 Å². The highest BCUT2D eigenvalue weighted by molar-refractivity contribution is 5.20. The van der Waals surface area contributed by atoms with Gasteiger partial charge in [-0.25, -0.2) is 0 Å². The first-order chi connectivity index (χ1) is 9.88. The third-order valence-electron chi connectivity index (χ3n) is 5.97. The highest BCUT2D eigenvalue weighted by Crippen LogP contribution is 2.51. The fraction of sp³-hybridized carbons (Fsp3) is 0.684.